The van der Waals surface area contributed by atoms with E-state index in [2.05, 4.69) is 4.98 Å². The molecular weight excluding hydrogens is 195 g/mol. The van der Waals surface area contributed by atoms with Crippen molar-refractivity contribution in [1.82, 2.24) is 4.98 Å². The van der Waals surface area contributed by atoms with Crippen LogP contribution < -0.4 is 5.73 Å². The second-order valence-electron chi connectivity index (χ2n) is 3.15. The van der Waals surface area contributed by atoms with Gasteiger partial charge in [-0.25, -0.2) is 4.39 Å². The van der Waals surface area contributed by atoms with Crippen LogP contribution in [0.1, 0.15) is 16.1 Å². The Morgan fingerprint density at radius 2 is 2.13 bits per heavy atom. The number of aromatic nitrogens is 1. The quantitative estimate of drug-likeness (QED) is 0.580. The van der Waals surface area contributed by atoms with Gasteiger partial charge in [-0.3, -0.25) is 4.79 Å². The smallest absolute Gasteiger partial charge is 0.209 e. The van der Waals surface area contributed by atoms with Gasteiger partial charge < -0.3 is 10.7 Å². The van der Waals surface area contributed by atoms with E-state index in [1.54, 1.807) is 18.3 Å². The van der Waals surface area contributed by atoms with Crippen LogP contribution in [0.5, 0.6) is 0 Å². The van der Waals surface area contributed by atoms with Gasteiger partial charge in [0.1, 0.15) is 5.82 Å². The number of hydrogen-bond acceptors (Lipinski definition) is 2. The lowest BCUT2D eigenvalue weighted by Gasteiger charge is -2.01. The molecular formula is C11H9FN2O. The third-order valence-corrected chi connectivity index (χ3v) is 2.10. The second-order valence-corrected chi connectivity index (χ2v) is 3.15. The number of aromatic amines is 1. The van der Waals surface area contributed by atoms with E-state index in [1.165, 1.54) is 18.2 Å². The Balaban J connectivity index is 2.39. The van der Waals surface area contributed by atoms with Gasteiger partial charge in [0.25, 0.3) is 0 Å². The molecule has 2 aromatic rings. The van der Waals surface area contributed by atoms with Crippen molar-refractivity contribution < 1.29 is 9.18 Å². The lowest BCUT2D eigenvalue weighted by Crippen LogP contribution is -2.03. The SMILES string of the molecule is Nc1cc(C(=O)c2ccc[nH]2)ccc1F. The van der Waals surface area contributed by atoms with Crippen LogP contribution in [0.2, 0.25) is 0 Å². The maximum absolute atomic E-state index is 12.9. The highest BCUT2D eigenvalue weighted by molar-refractivity contribution is 6.08. The van der Waals surface area contributed by atoms with E-state index in [4.69, 9.17) is 5.73 Å². The number of nitrogens with one attached hydrogen (secondary N) is 1. The standard InChI is InChI=1S/C11H9FN2O/c12-8-4-3-7(6-9(8)13)11(15)10-2-1-5-14-10/h1-6,14H,13H2. The molecule has 76 valence electrons. The van der Waals surface area contributed by atoms with E-state index < -0.39 is 5.82 Å². The maximum atomic E-state index is 12.9. The number of ketones is 1. The molecule has 15 heavy (non-hydrogen) atoms. The van der Waals surface area contributed by atoms with Crippen molar-refractivity contribution in [3.8, 4) is 0 Å². The minimum atomic E-state index is -0.516. The number of carbonyl (C=O) groups excluding carboxylic acids is 1. The predicted octanol–water partition coefficient (Wildman–Crippen LogP) is 1.97. The Hall–Kier alpha value is -2.10. The fourth-order valence-corrected chi connectivity index (χ4v) is 1.31. The number of rotatable bonds is 2. The molecule has 0 bridgehead atoms. The highest BCUT2D eigenvalue weighted by atomic mass is 19.1. The molecule has 1 aromatic carbocycles. The zero-order valence-corrected chi connectivity index (χ0v) is 7.83. The minimum absolute atomic E-state index is 0.0209. The average molecular weight is 204 g/mol. The van der Waals surface area contributed by atoms with Crippen molar-refractivity contribution in [1.29, 1.82) is 0 Å². The van der Waals surface area contributed by atoms with Gasteiger partial charge in [-0.1, -0.05) is 0 Å². The molecule has 0 atom stereocenters. The van der Waals surface area contributed by atoms with Crippen LogP contribution in [0.25, 0.3) is 0 Å². The van der Waals surface area contributed by atoms with Crippen molar-refractivity contribution in [2.45, 2.75) is 0 Å². The zero-order chi connectivity index (χ0) is 10.8. The Morgan fingerprint density at radius 3 is 2.73 bits per heavy atom. The third kappa shape index (κ3) is 1.74. The Kier molecular flexibility index (Phi) is 2.25. The van der Waals surface area contributed by atoms with E-state index in [0.29, 0.717) is 11.3 Å². The van der Waals surface area contributed by atoms with Gasteiger partial charge in [-0.2, -0.15) is 0 Å². The summed E-state index contributed by atoms with van der Waals surface area (Å²) in [5.41, 5.74) is 6.18. The highest BCUT2D eigenvalue weighted by Gasteiger charge is 2.10. The topological polar surface area (TPSA) is 58.9 Å². The molecule has 0 aliphatic rings. The summed E-state index contributed by atoms with van der Waals surface area (Å²) in [5.74, 6) is -0.718. The first-order chi connectivity index (χ1) is 7.18. The molecule has 2 rings (SSSR count). The number of carbonyl (C=O) groups is 1. The van der Waals surface area contributed by atoms with E-state index in [-0.39, 0.29) is 11.5 Å². The third-order valence-electron chi connectivity index (χ3n) is 2.10. The summed E-state index contributed by atoms with van der Waals surface area (Å²) < 4.78 is 12.9. The number of nitrogen functional groups attached to an aromatic ring is 1. The maximum Gasteiger partial charge on any atom is 0.209 e. The Morgan fingerprint density at radius 1 is 1.33 bits per heavy atom. The van der Waals surface area contributed by atoms with Gasteiger partial charge in [-0.05, 0) is 30.3 Å². The molecule has 0 spiro atoms. The minimum Gasteiger partial charge on any atom is -0.396 e. The fraction of sp³-hybridized carbons (Fsp3) is 0. The number of benzene rings is 1. The number of anilines is 1. The molecule has 0 radical (unpaired) electrons. The lowest BCUT2D eigenvalue weighted by atomic mass is 10.1. The molecule has 0 aliphatic heterocycles. The van der Waals surface area contributed by atoms with Crippen LogP contribution in [0.4, 0.5) is 10.1 Å². The zero-order valence-electron chi connectivity index (χ0n) is 7.83. The fourth-order valence-electron chi connectivity index (χ4n) is 1.31. The summed E-state index contributed by atoms with van der Waals surface area (Å²) in [6.45, 7) is 0. The Labute approximate surface area is 85.7 Å². The van der Waals surface area contributed by atoms with Crippen molar-refractivity contribution in [2.75, 3.05) is 5.73 Å². The van der Waals surface area contributed by atoms with Crippen molar-refractivity contribution >= 4 is 11.5 Å². The largest absolute Gasteiger partial charge is 0.396 e. The van der Waals surface area contributed by atoms with Gasteiger partial charge in [0.2, 0.25) is 5.78 Å². The van der Waals surface area contributed by atoms with Gasteiger partial charge in [0, 0.05) is 11.8 Å². The van der Waals surface area contributed by atoms with E-state index in [0.717, 1.165) is 0 Å². The van der Waals surface area contributed by atoms with Crippen LogP contribution in [-0.2, 0) is 0 Å². The number of H-pyrrole nitrogens is 1. The Bertz CT molecular complexity index is 491. The summed E-state index contributed by atoms with van der Waals surface area (Å²) in [7, 11) is 0. The predicted molar refractivity (Wildman–Crippen MR) is 55.0 cm³/mol. The van der Waals surface area contributed by atoms with Gasteiger partial charge in [0.15, 0.2) is 0 Å². The van der Waals surface area contributed by atoms with Gasteiger partial charge >= 0.3 is 0 Å². The van der Waals surface area contributed by atoms with Crippen LogP contribution in [-0.4, -0.2) is 10.8 Å². The summed E-state index contributed by atoms with van der Waals surface area (Å²) in [6, 6.07) is 7.31. The highest BCUT2D eigenvalue weighted by Crippen LogP contribution is 2.15. The van der Waals surface area contributed by atoms with Crippen LogP contribution in [0, 0.1) is 5.82 Å². The van der Waals surface area contributed by atoms with Crippen LogP contribution in [0.3, 0.4) is 0 Å². The monoisotopic (exact) mass is 204 g/mol. The second kappa shape index (κ2) is 3.57. The number of nitrogens with two attached hydrogens (primary N) is 1. The molecule has 3 N–H and O–H groups in total. The molecule has 0 unspecified atom stereocenters. The van der Waals surface area contributed by atoms with E-state index >= 15 is 0 Å². The van der Waals surface area contributed by atoms with Gasteiger partial charge in [-0.15, -0.1) is 0 Å². The van der Waals surface area contributed by atoms with Crippen molar-refractivity contribution in [3.63, 3.8) is 0 Å². The van der Waals surface area contributed by atoms with E-state index in [9.17, 15) is 9.18 Å². The molecule has 0 saturated carbocycles. The molecule has 0 aliphatic carbocycles. The summed E-state index contributed by atoms with van der Waals surface area (Å²) in [4.78, 5) is 14.5. The van der Waals surface area contributed by atoms with Gasteiger partial charge in [0.05, 0.1) is 11.4 Å². The molecule has 1 heterocycles. The first-order valence-electron chi connectivity index (χ1n) is 4.41. The summed E-state index contributed by atoms with van der Waals surface area (Å²) in [6.07, 6.45) is 1.65. The van der Waals surface area contributed by atoms with Crippen molar-refractivity contribution in [2.24, 2.45) is 0 Å². The van der Waals surface area contributed by atoms with Crippen LogP contribution >= 0.6 is 0 Å². The normalized spacial score (nSPS) is 10.2. The van der Waals surface area contributed by atoms with Crippen molar-refractivity contribution in [3.05, 3.63) is 53.6 Å². The number of halogens is 1. The van der Waals surface area contributed by atoms with E-state index in [1.807, 2.05) is 0 Å². The molecule has 0 fully saturated rings. The first-order valence-corrected chi connectivity index (χ1v) is 4.41. The average Bonchev–Trinajstić information content (AvgIpc) is 2.74. The lowest BCUT2D eigenvalue weighted by molar-refractivity contribution is 0.103. The molecule has 1 aromatic heterocycles. The first kappa shape index (κ1) is 9.45. The van der Waals surface area contributed by atoms with Crippen LogP contribution in [0.15, 0.2) is 36.5 Å². The number of hydrogen-bond donors (Lipinski definition) is 2. The molecule has 0 amide bonds. The molecule has 3 nitrogen and oxygen atoms in total. The summed E-state index contributed by atoms with van der Waals surface area (Å²) in [5, 5.41) is 0. The summed E-state index contributed by atoms with van der Waals surface area (Å²) >= 11 is 0. The molecule has 0 saturated heterocycles. The molecule has 4 heteroatoms.